The van der Waals surface area contributed by atoms with Crippen molar-refractivity contribution in [3.05, 3.63) is 32.4 Å². The zero-order valence-corrected chi connectivity index (χ0v) is 9.80. The molecule has 0 heterocycles. The first kappa shape index (κ1) is 12.9. The number of carbonyl (C=O) groups excluding carboxylic acids is 2. The van der Waals surface area contributed by atoms with Gasteiger partial charge in [0.25, 0.3) is 0 Å². The summed E-state index contributed by atoms with van der Waals surface area (Å²) < 4.78 is 37.3. The summed E-state index contributed by atoms with van der Waals surface area (Å²) in [6.45, 7) is 0. The van der Waals surface area contributed by atoms with Crippen LogP contribution in [0.3, 0.4) is 0 Å². The topological polar surface area (TPSA) is 60.2 Å². The van der Waals surface area contributed by atoms with Crippen LogP contribution in [0.2, 0.25) is 0 Å². The van der Waals surface area contributed by atoms with Gasteiger partial charge >= 0.3 is 6.18 Å². The summed E-state index contributed by atoms with van der Waals surface area (Å²) in [4.78, 5) is 21.4. The lowest BCUT2D eigenvalue weighted by Gasteiger charge is -2.11. The molecule has 0 unspecified atom stereocenters. The van der Waals surface area contributed by atoms with E-state index in [0.29, 0.717) is 12.4 Å². The van der Waals surface area contributed by atoms with Gasteiger partial charge in [-0.1, -0.05) is 0 Å². The maximum atomic E-state index is 12.5. The second-order valence-electron chi connectivity index (χ2n) is 2.90. The molecule has 0 radical (unpaired) electrons. The van der Waals surface area contributed by atoms with Crippen molar-refractivity contribution in [1.82, 2.24) is 0 Å². The van der Waals surface area contributed by atoms with E-state index in [9.17, 15) is 22.8 Å². The number of alkyl halides is 3. The van der Waals surface area contributed by atoms with Gasteiger partial charge in [0.1, 0.15) is 0 Å². The summed E-state index contributed by atoms with van der Waals surface area (Å²) in [6.07, 6.45) is -4.29. The first-order valence-corrected chi connectivity index (χ1v) is 5.01. The van der Waals surface area contributed by atoms with Crippen LogP contribution in [0.1, 0.15) is 26.3 Å². The molecule has 1 aromatic rings. The molecule has 0 aromatic heterocycles. The predicted molar refractivity (Wildman–Crippen MR) is 58.1 cm³/mol. The molecule has 7 heteroatoms. The summed E-state index contributed by atoms with van der Waals surface area (Å²) in [7, 11) is 0. The molecule has 0 aliphatic carbocycles. The van der Waals surface area contributed by atoms with Crippen LogP contribution in [-0.4, -0.2) is 12.2 Å². The van der Waals surface area contributed by atoms with Crippen molar-refractivity contribution in [2.24, 2.45) is 5.73 Å². The molecule has 2 N–H and O–H groups in total. The van der Waals surface area contributed by atoms with Crippen LogP contribution in [0.15, 0.2) is 12.1 Å². The maximum absolute atomic E-state index is 12.5. The number of rotatable bonds is 2. The molecule has 3 nitrogen and oxygen atoms in total. The van der Waals surface area contributed by atoms with Crippen LogP contribution in [0.4, 0.5) is 13.2 Å². The van der Waals surface area contributed by atoms with E-state index in [1.54, 1.807) is 0 Å². The number of hydrogen-bond acceptors (Lipinski definition) is 2. The highest BCUT2D eigenvalue weighted by atomic mass is 127. The van der Waals surface area contributed by atoms with E-state index in [-0.39, 0.29) is 9.13 Å². The largest absolute Gasteiger partial charge is 0.417 e. The highest BCUT2D eigenvalue weighted by Gasteiger charge is 2.34. The molecule has 0 saturated carbocycles. The van der Waals surface area contributed by atoms with Crippen molar-refractivity contribution in [2.75, 3.05) is 0 Å². The zero-order valence-electron chi connectivity index (χ0n) is 7.64. The summed E-state index contributed by atoms with van der Waals surface area (Å²) in [6, 6.07) is 1.57. The van der Waals surface area contributed by atoms with Gasteiger partial charge in [0.15, 0.2) is 6.29 Å². The van der Waals surface area contributed by atoms with E-state index in [2.05, 4.69) is 0 Å². The third-order valence-electron chi connectivity index (χ3n) is 1.84. The second kappa shape index (κ2) is 4.40. The van der Waals surface area contributed by atoms with Gasteiger partial charge in [-0.3, -0.25) is 9.59 Å². The van der Waals surface area contributed by atoms with Crippen molar-refractivity contribution in [1.29, 1.82) is 0 Å². The van der Waals surface area contributed by atoms with Gasteiger partial charge in [0.05, 0.1) is 11.1 Å². The minimum Gasteiger partial charge on any atom is -0.366 e. The first-order chi connectivity index (χ1) is 7.27. The van der Waals surface area contributed by atoms with Crippen molar-refractivity contribution < 1.29 is 22.8 Å². The van der Waals surface area contributed by atoms with Gasteiger partial charge < -0.3 is 5.73 Å². The van der Waals surface area contributed by atoms with Gasteiger partial charge in [-0.15, -0.1) is 0 Å². The van der Waals surface area contributed by atoms with Gasteiger partial charge in [-0.25, -0.2) is 0 Å². The minimum atomic E-state index is -4.58. The van der Waals surface area contributed by atoms with Crippen LogP contribution in [0, 0.1) is 3.57 Å². The van der Waals surface area contributed by atoms with Crippen LogP contribution < -0.4 is 5.73 Å². The Morgan fingerprint density at radius 1 is 1.38 bits per heavy atom. The molecule has 0 aliphatic heterocycles. The van der Waals surface area contributed by atoms with Crippen LogP contribution in [-0.2, 0) is 6.18 Å². The molecule has 0 atom stereocenters. The lowest BCUT2D eigenvalue weighted by atomic mass is 10.0. The fourth-order valence-electron chi connectivity index (χ4n) is 1.12. The van der Waals surface area contributed by atoms with Gasteiger partial charge in [0.2, 0.25) is 5.91 Å². The van der Waals surface area contributed by atoms with Crippen molar-refractivity contribution in [3.63, 3.8) is 0 Å². The Balaban J connectivity index is 3.51. The normalized spacial score (nSPS) is 11.2. The van der Waals surface area contributed by atoms with Gasteiger partial charge in [-0.2, -0.15) is 13.2 Å². The molecular formula is C9H5F3INO2. The van der Waals surface area contributed by atoms with E-state index in [1.165, 1.54) is 22.6 Å². The number of carbonyl (C=O) groups is 2. The average Bonchev–Trinajstić information content (AvgIpc) is 2.14. The summed E-state index contributed by atoms with van der Waals surface area (Å²) in [5.74, 6) is -1.07. The van der Waals surface area contributed by atoms with Crippen molar-refractivity contribution in [3.8, 4) is 0 Å². The average molecular weight is 343 g/mol. The monoisotopic (exact) mass is 343 g/mol. The number of halogens is 4. The van der Waals surface area contributed by atoms with Crippen LogP contribution in [0.25, 0.3) is 0 Å². The third kappa shape index (κ3) is 2.52. The first-order valence-electron chi connectivity index (χ1n) is 3.93. The Kier molecular flexibility index (Phi) is 3.56. The van der Waals surface area contributed by atoms with E-state index >= 15 is 0 Å². The lowest BCUT2D eigenvalue weighted by Crippen LogP contribution is -2.17. The predicted octanol–water partition coefficient (Wildman–Crippen LogP) is 2.22. The minimum absolute atomic E-state index is 0.148. The summed E-state index contributed by atoms with van der Waals surface area (Å²) in [5, 5.41) is 0. The number of benzene rings is 1. The second-order valence-corrected chi connectivity index (χ2v) is 4.06. The Labute approximate surface area is 102 Å². The molecule has 0 aliphatic rings. The number of amides is 1. The van der Waals surface area contributed by atoms with E-state index in [0.717, 1.165) is 6.07 Å². The highest BCUT2D eigenvalue weighted by Crippen LogP contribution is 2.34. The fraction of sp³-hybridized carbons (Fsp3) is 0.111. The molecule has 1 amide bonds. The van der Waals surface area contributed by atoms with E-state index < -0.39 is 23.2 Å². The van der Waals surface area contributed by atoms with Crippen LogP contribution >= 0.6 is 22.6 Å². The smallest absolute Gasteiger partial charge is 0.366 e. The fourth-order valence-corrected chi connectivity index (χ4v) is 1.91. The molecule has 86 valence electrons. The summed E-state index contributed by atoms with van der Waals surface area (Å²) >= 11 is 1.44. The Morgan fingerprint density at radius 2 is 1.94 bits per heavy atom. The number of primary amides is 1. The SMILES string of the molecule is NC(=O)c1cc(C(F)(F)F)c(I)cc1C=O. The molecule has 0 fully saturated rings. The number of aldehydes is 1. The summed E-state index contributed by atoms with van der Waals surface area (Å²) in [5.41, 5.74) is 3.33. The Bertz CT molecular complexity index is 457. The lowest BCUT2D eigenvalue weighted by molar-refractivity contribution is -0.138. The van der Waals surface area contributed by atoms with Gasteiger partial charge in [0, 0.05) is 9.13 Å². The van der Waals surface area contributed by atoms with Gasteiger partial charge in [-0.05, 0) is 34.7 Å². The molecule has 1 rings (SSSR count). The standard InChI is InChI=1S/C9H5F3INO2/c10-9(11,12)6-2-5(8(14)16)4(3-15)1-7(6)13/h1-3H,(H2,14,16). The van der Waals surface area contributed by atoms with Crippen molar-refractivity contribution >= 4 is 34.8 Å². The van der Waals surface area contributed by atoms with E-state index in [1.807, 2.05) is 0 Å². The number of hydrogen-bond donors (Lipinski definition) is 1. The molecular weight excluding hydrogens is 338 g/mol. The molecule has 1 aromatic carbocycles. The third-order valence-corrected chi connectivity index (χ3v) is 2.73. The molecule has 0 saturated heterocycles. The Morgan fingerprint density at radius 3 is 2.31 bits per heavy atom. The molecule has 16 heavy (non-hydrogen) atoms. The quantitative estimate of drug-likeness (QED) is 0.661. The van der Waals surface area contributed by atoms with E-state index in [4.69, 9.17) is 5.73 Å². The zero-order chi connectivity index (χ0) is 12.5. The molecule has 0 bridgehead atoms. The highest BCUT2D eigenvalue weighted by molar-refractivity contribution is 14.1. The number of nitrogens with two attached hydrogens (primary N) is 1. The maximum Gasteiger partial charge on any atom is 0.417 e. The van der Waals surface area contributed by atoms with Crippen LogP contribution in [0.5, 0.6) is 0 Å². The molecule has 0 spiro atoms. The van der Waals surface area contributed by atoms with Crippen molar-refractivity contribution in [2.45, 2.75) is 6.18 Å². The Hall–Kier alpha value is -1.12.